The number of nitrogens with one attached hydrogen (secondary N) is 1. The highest BCUT2D eigenvalue weighted by atomic mass is 19.1. The smallest absolute Gasteiger partial charge is 0.137 e. The minimum Gasteiger partial charge on any atom is -0.346 e. The molecule has 0 radical (unpaired) electrons. The zero-order chi connectivity index (χ0) is 19.1. The largest absolute Gasteiger partial charge is 0.346 e. The van der Waals surface area contributed by atoms with Crippen LogP contribution in [0.2, 0.25) is 0 Å². The molecule has 4 aromatic heterocycles. The van der Waals surface area contributed by atoms with Crippen LogP contribution in [0.5, 0.6) is 0 Å². The molecule has 0 fully saturated rings. The monoisotopic (exact) mass is 372 g/mol. The van der Waals surface area contributed by atoms with E-state index < -0.39 is 0 Å². The molecule has 138 valence electrons. The number of rotatable bonds is 4. The van der Waals surface area contributed by atoms with Gasteiger partial charge in [-0.3, -0.25) is 4.68 Å². The van der Waals surface area contributed by atoms with Crippen molar-refractivity contribution in [3.63, 3.8) is 0 Å². The van der Waals surface area contributed by atoms with Gasteiger partial charge in [-0.05, 0) is 42.5 Å². The maximum absolute atomic E-state index is 13.4. The molecule has 28 heavy (non-hydrogen) atoms. The molecule has 4 heterocycles. The number of H-pyrrole nitrogens is 1. The quantitative estimate of drug-likeness (QED) is 0.518. The fraction of sp³-hybridized carbons (Fsp3) is 0.0952. The Morgan fingerprint density at radius 2 is 1.89 bits per heavy atom. The van der Waals surface area contributed by atoms with Crippen LogP contribution in [0.1, 0.15) is 5.69 Å². The Balaban J connectivity index is 1.72. The van der Waals surface area contributed by atoms with E-state index in [-0.39, 0.29) is 5.82 Å². The lowest BCUT2D eigenvalue weighted by Crippen LogP contribution is -2.03. The first-order valence-corrected chi connectivity index (χ1v) is 8.91. The van der Waals surface area contributed by atoms with Gasteiger partial charge in [-0.25, -0.2) is 14.4 Å². The van der Waals surface area contributed by atoms with Gasteiger partial charge in [-0.2, -0.15) is 5.10 Å². The van der Waals surface area contributed by atoms with E-state index in [9.17, 15) is 4.39 Å². The van der Waals surface area contributed by atoms with E-state index in [2.05, 4.69) is 24.6 Å². The molecule has 0 amide bonds. The summed E-state index contributed by atoms with van der Waals surface area (Å²) < 4.78 is 17.3. The molecule has 0 aliphatic carbocycles. The number of pyridine rings is 1. The molecule has 0 bridgehead atoms. The second-order valence-corrected chi connectivity index (χ2v) is 6.66. The second kappa shape index (κ2) is 6.45. The predicted molar refractivity (Wildman–Crippen MR) is 105 cm³/mol. The third kappa shape index (κ3) is 2.77. The first-order valence-electron chi connectivity index (χ1n) is 8.91. The molecule has 0 spiro atoms. The van der Waals surface area contributed by atoms with E-state index in [1.54, 1.807) is 23.0 Å². The molecule has 0 aliphatic rings. The van der Waals surface area contributed by atoms with Gasteiger partial charge in [0.2, 0.25) is 0 Å². The average molecular weight is 372 g/mol. The summed E-state index contributed by atoms with van der Waals surface area (Å²) >= 11 is 0. The molecule has 0 saturated heterocycles. The Hall–Kier alpha value is -3.74. The summed E-state index contributed by atoms with van der Waals surface area (Å²) in [4.78, 5) is 12.2. The second-order valence-electron chi connectivity index (χ2n) is 6.66. The van der Waals surface area contributed by atoms with Gasteiger partial charge in [0.25, 0.3) is 0 Å². The summed E-state index contributed by atoms with van der Waals surface area (Å²) in [5.41, 5.74) is 5.36. The first kappa shape index (κ1) is 16.4. The van der Waals surface area contributed by atoms with Gasteiger partial charge in [-0.1, -0.05) is 0 Å². The summed E-state index contributed by atoms with van der Waals surface area (Å²) in [6, 6.07) is 12.4. The van der Waals surface area contributed by atoms with Crippen LogP contribution in [-0.4, -0.2) is 29.3 Å². The summed E-state index contributed by atoms with van der Waals surface area (Å²) in [7, 11) is 1.90. The van der Waals surface area contributed by atoms with Crippen LogP contribution in [0.25, 0.3) is 33.5 Å². The maximum Gasteiger partial charge on any atom is 0.137 e. The van der Waals surface area contributed by atoms with Crippen molar-refractivity contribution in [1.29, 1.82) is 0 Å². The Morgan fingerprint density at radius 1 is 1.04 bits per heavy atom. The predicted octanol–water partition coefficient (Wildman–Crippen LogP) is 4.01. The van der Waals surface area contributed by atoms with Gasteiger partial charge < -0.3 is 9.55 Å². The number of hydrogen-bond acceptors (Lipinski definition) is 3. The minimum absolute atomic E-state index is 0.268. The average Bonchev–Trinajstić information content (AvgIpc) is 3.42. The Kier molecular flexibility index (Phi) is 3.79. The standard InChI is InChI=1S/C21H17FN6/c1-27-11-8-16(26-27)12-28-13-25-19(14-2-4-15(22)5-3-14)20(28)17-6-9-23-21-18(17)7-10-24-21/h2-11,13H,12H2,1H3,(H,23,24). The highest BCUT2D eigenvalue weighted by Gasteiger charge is 2.18. The number of aromatic nitrogens is 6. The Labute approximate surface area is 160 Å². The van der Waals surface area contributed by atoms with E-state index in [4.69, 9.17) is 0 Å². The fourth-order valence-electron chi connectivity index (χ4n) is 3.49. The highest BCUT2D eigenvalue weighted by Crippen LogP contribution is 2.35. The summed E-state index contributed by atoms with van der Waals surface area (Å²) in [5.74, 6) is -0.268. The first-order chi connectivity index (χ1) is 13.7. The molecule has 5 aromatic rings. The lowest BCUT2D eigenvalue weighted by molar-refractivity contribution is 0.628. The van der Waals surface area contributed by atoms with Gasteiger partial charge in [0.15, 0.2) is 0 Å². The van der Waals surface area contributed by atoms with Gasteiger partial charge >= 0.3 is 0 Å². The van der Waals surface area contributed by atoms with Crippen LogP contribution >= 0.6 is 0 Å². The number of halogens is 1. The summed E-state index contributed by atoms with van der Waals surface area (Å²) in [5, 5.41) is 5.49. The van der Waals surface area contributed by atoms with Crippen molar-refractivity contribution in [2.45, 2.75) is 6.54 Å². The van der Waals surface area contributed by atoms with Crippen molar-refractivity contribution in [2.75, 3.05) is 0 Å². The highest BCUT2D eigenvalue weighted by molar-refractivity contribution is 5.95. The summed E-state index contributed by atoms with van der Waals surface area (Å²) in [6.45, 7) is 0.582. The molecule has 5 rings (SSSR count). The molecule has 7 heteroatoms. The van der Waals surface area contributed by atoms with Crippen molar-refractivity contribution < 1.29 is 4.39 Å². The number of imidazole rings is 1. The number of aromatic amines is 1. The molecular weight excluding hydrogens is 355 g/mol. The maximum atomic E-state index is 13.4. The third-order valence-electron chi connectivity index (χ3n) is 4.77. The molecule has 0 saturated carbocycles. The topological polar surface area (TPSA) is 64.3 Å². The van der Waals surface area contributed by atoms with Gasteiger partial charge in [0.1, 0.15) is 11.5 Å². The molecule has 1 aromatic carbocycles. The van der Waals surface area contributed by atoms with Crippen LogP contribution in [0.4, 0.5) is 4.39 Å². The van der Waals surface area contributed by atoms with Crippen molar-refractivity contribution in [3.05, 3.63) is 78.9 Å². The number of benzene rings is 1. The number of nitrogens with zero attached hydrogens (tertiary/aromatic N) is 5. The molecule has 6 nitrogen and oxygen atoms in total. The molecular formula is C21H17FN6. The van der Waals surface area contributed by atoms with Crippen LogP contribution < -0.4 is 0 Å². The van der Waals surface area contributed by atoms with E-state index in [1.165, 1.54) is 12.1 Å². The van der Waals surface area contributed by atoms with Crippen LogP contribution in [-0.2, 0) is 13.6 Å². The normalized spacial score (nSPS) is 11.4. The van der Waals surface area contributed by atoms with Gasteiger partial charge in [0, 0.05) is 42.2 Å². The van der Waals surface area contributed by atoms with Gasteiger partial charge in [-0.15, -0.1) is 0 Å². The van der Waals surface area contributed by atoms with Gasteiger partial charge in [0.05, 0.1) is 30.0 Å². The lowest BCUT2D eigenvalue weighted by atomic mass is 10.0. The van der Waals surface area contributed by atoms with Crippen LogP contribution in [0.15, 0.2) is 67.4 Å². The molecule has 1 N–H and O–H groups in total. The molecule has 0 unspecified atom stereocenters. The number of hydrogen-bond donors (Lipinski definition) is 1. The van der Waals surface area contributed by atoms with E-state index >= 15 is 0 Å². The zero-order valence-corrected chi connectivity index (χ0v) is 15.2. The number of aryl methyl sites for hydroxylation is 1. The number of fused-ring (bicyclic) bond motifs is 1. The third-order valence-corrected chi connectivity index (χ3v) is 4.77. The van der Waals surface area contributed by atoms with E-state index in [0.717, 1.165) is 39.2 Å². The zero-order valence-electron chi connectivity index (χ0n) is 15.2. The van der Waals surface area contributed by atoms with Crippen molar-refractivity contribution in [3.8, 4) is 22.5 Å². The Bertz CT molecular complexity index is 1260. The van der Waals surface area contributed by atoms with Crippen LogP contribution in [0.3, 0.4) is 0 Å². The van der Waals surface area contributed by atoms with Crippen molar-refractivity contribution in [2.24, 2.45) is 7.05 Å². The van der Waals surface area contributed by atoms with E-state index in [0.29, 0.717) is 6.54 Å². The van der Waals surface area contributed by atoms with Crippen molar-refractivity contribution >= 4 is 11.0 Å². The van der Waals surface area contributed by atoms with E-state index in [1.807, 2.05) is 44.0 Å². The summed E-state index contributed by atoms with van der Waals surface area (Å²) in [6.07, 6.45) is 7.38. The molecule has 0 aliphatic heterocycles. The minimum atomic E-state index is -0.268. The molecule has 0 atom stereocenters. The van der Waals surface area contributed by atoms with Crippen LogP contribution in [0, 0.1) is 5.82 Å². The Morgan fingerprint density at radius 3 is 2.68 bits per heavy atom. The lowest BCUT2D eigenvalue weighted by Gasteiger charge is -2.11. The SMILES string of the molecule is Cn1ccc(Cn2cnc(-c3ccc(F)cc3)c2-c2ccnc3[nH]ccc23)n1. The fourth-order valence-corrected chi connectivity index (χ4v) is 3.49. The van der Waals surface area contributed by atoms with Crippen molar-refractivity contribution in [1.82, 2.24) is 29.3 Å².